The standard InChI is InChI=1S/C15H22N4O/c1-12(2)19(3)8-7-18-15(20)14-9-13(5-4-6-16)10-17-11-14/h9-12H,6-8,16H2,1-3H3,(H,18,20). The van der Waals surface area contributed by atoms with Gasteiger partial charge in [0.05, 0.1) is 12.1 Å². The minimum absolute atomic E-state index is 0.133. The molecule has 0 atom stereocenters. The molecule has 0 fully saturated rings. The predicted molar refractivity (Wildman–Crippen MR) is 80.3 cm³/mol. The summed E-state index contributed by atoms with van der Waals surface area (Å²) in [6, 6.07) is 2.18. The van der Waals surface area contributed by atoms with E-state index in [0.29, 0.717) is 23.7 Å². The Kier molecular flexibility index (Phi) is 6.71. The minimum atomic E-state index is -0.133. The van der Waals surface area contributed by atoms with E-state index in [9.17, 15) is 4.79 Å². The van der Waals surface area contributed by atoms with E-state index in [4.69, 9.17) is 5.73 Å². The van der Waals surface area contributed by atoms with Crippen molar-refractivity contribution in [2.45, 2.75) is 19.9 Å². The van der Waals surface area contributed by atoms with Crippen molar-refractivity contribution in [3.05, 3.63) is 29.6 Å². The summed E-state index contributed by atoms with van der Waals surface area (Å²) in [5.74, 6) is 5.47. The van der Waals surface area contributed by atoms with Crippen molar-refractivity contribution in [3.63, 3.8) is 0 Å². The summed E-state index contributed by atoms with van der Waals surface area (Å²) in [5, 5.41) is 2.87. The molecule has 1 heterocycles. The first-order valence-corrected chi connectivity index (χ1v) is 6.67. The Balaban J connectivity index is 2.55. The number of hydrogen-bond acceptors (Lipinski definition) is 4. The molecule has 5 heteroatoms. The molecule has 0 aromatic carbocycles. The number of aromatic nitrogens is 1. The SMILES string of the molecule is CC(C)N(C)CCNC(=O)c1cncc(C#CCN)c1. The number of likely N-dealkylation sites (N-methyl/N-ethyl adjacent to an activating group) is 1. The van der Waals surface area contributed by atoms with Crippen LogP contribution in [0.3, 0.4) is 0 Å². The van der Waals surface area contributed by atoms with Crippen molar-refractivity contribution < 1.29 is 4.79 Å². The van der Waals surface area contributed by atoms with Gasteiger partial charge in [-0.05, 0) is 27.0 Å². The third-order valence-electron chi connectivity index (χ3n) is 2.97. The Bertz CT molecular complexity index is 502. The van der Waals surface area contributed by atoms with E-state index in [0.717, 1.165) is 6.54 Å². The van der Waals surface area contributed by atoms with Crippen LogP contribution in [-0.2, 0) is 0 Å². The maximum Gasteiger partial charge on any atom is 0.252 e. The van der Waals surface area contributed by atoms with Crippen molar-refractivity contribution in [3.8, 4) is 11.8 Å². The van der Waals surface area contributed by atoms with E-state index in [-0.39, 0.29) is 12.5 Å². The number of nitrogens with two attached hydrogens (primary N) is 1. The summed E-state index contributed by atoms with van der Waals surface area (Å²) in [7, 11) is 2.03. The topological polar surface area (TPSA) is 71.2 Å². The Morgan fingerprint density at radius 2 is 2.25 bits per heavy atom. The van der Waals surface area contributed by atoms with Crippen LogP contribution in [0.2, 0.25) is 0 Å². The van der Waals surface area contributed by atoms with Crippen LogP contribution < -0.4 is 11.1 Å². The van der Waals surface area contributed by atoms with Crippen LogP contribution in [0.25, 0.3) is 0 Å². The molecule has 0 saturated carbocycles. The molecule has 3 N–H and O–H groups in total. The third kappa shape index (κ3) is 5.39. The van der Waals surface area contributed by atoms with Gasteiger partial charge in [-0.25, -0.2) is 0 Å². The quantitative estimate of drug-likeness (QED) is 0.765. The van der Waals surface area contributed by atoms with E-state index >= 15 is 0 Å². The van der Waals surface area contributed by atoms with Crippen LogP contribution in [0, 0.1) is 11.8 Å². The molecule has 0 aliphatic carbocycles. The minimum Gasteiger partial charge on any atom is -0.351 e. The van der Waals surface area contributed by atoms with E-state index in [1.165, 1.54) is 6.20 Å². The molecule has 1 amide bonds. The van der Waals surface area contributed by atoms with Crippen LogP contribution in [0.1, 0.15) is 29.8 Å². The van der Waals surface area contributed by atoms with Crippen molar-refractivity contribution >= 4 is 5.91 Å². The highest BCUT2D eigenvalue weighted by molar-refractivity contribution is 5.94. The van der Waals surface area contributed by atoms with Crippen LogP contribution >= 0.6 is 0 Å². The van der Waals surface area contributed by atoms with Crippen molar-refractivity contribution in [2.24, 2.45) is 5.73 Å². The average Bonchev–Trinajstić information content (AvgIpc) is 2.45. The Labute approximate surface area is 120 Å². The third-order valence-corrected chi connectivity index (χ3v) is 2.97. The summed E-state index contributed by atoms with van der Waals surface area (Å²) in [5.41, 5.74) is 6.53. The second-order valence-corrected chi connectivity index (χ2v) is 4.80. The molecule has 0 bridgehead atoms. The van der Waals surface area contributed by atoms with Crippen LogP contribution in [0.4, 0.5) is 0 Å². The zero-order valence-electron chi connectivity index (χ0n) is 12.3. The lowest BCUT2D eigenvalue weighted by molar-refractivity contribution is 0.0947. The molecule has 0 aliphatic rings. The van der Waals surface area contributed by atoms with Gasteiger partial charge in [-0.2, -0.15) is 0 Å². The summed E-state index contributed by atoms with van der Waals surface area (Å²) >= 11 is 0. The molecule has 1 aromatic rings. The van der Waals surface area contributed by atoms with E-state index in [1.807, 2.05) is 7.05 Å². The fourth-order valence-electron chi connectivity index (χ4n) is 1.49. The highest BCUT2D eigenvalue weighted by Gasteiger charge is 2.07. The van der Waals surface area contributed by atoms with Crippen molar-refractivity contribution in [1.82, 2.24) is 15.2 Å². The highest BCUT2D eigenvalue weighted by Crippen LogP contribution is 2.01. The monoisotopic (exact) mass is 274 g/mol. The first-order chi connectivity index (χ1) is 9.54. The Morgan fingerprint density at radius 3 is 2.90 bits per heavy atom. The fourth-order valence-corrected chi connectivity index (χ4v) is 1.49. The average molecular weight is 274 g/mol. The van der Waals surface area contributed by atoms with E-state index in [2.05, 4.69) is 40.9 Å². The molecule has 0 spiro atoms. The van der Waals surface area contributed by atoms with Crippen molar-refractivity contribution in [2.75, 3.05) is 26.7 Å². The Morgan fingerprint density at radius 1 is 1.50 bits per heavy atom. The van der Waals surface area contributed by atoms with E-state index < -0.39 is 0 Å². The largest absolute Gasteiger partial charge is 0.351 e. The molecule has 20 heavy (non-hydrogen) atoms. The second-order valence-electron chi connectivity index (χ2n) is 4.80. The second kappa shape index (κ2) is 8.31. The van der Waals surface area contributed by atoms with E-state index in [1.54, 1.807) is 12.3 Å². The molecule has 0 radical (unpaired) electrons. The normalized spacial score (nSPS) is 10.3. The number of hydrogen-bond donors (Lipinski definition) is 2. The summed E-state index contributed by atoms with van der Waals surface area (Å²) in [6.45, 7) is 5.93. The molecule has 5 nitrogen and oxygen atoms in total. The number of nitrogens with zero attached hydrogens (tertiary/aromatic N) is 2. The van der Waals surface area contributed by atoms with Gasteiger partial charge in [0.2, 0.25) is 0 Å². The van der Waals surface area contributed by atoms with Gasteiger partial charge in [0.1, 0.15) is 0 Å². The molecule has 108 valence electrons. The lowest BCUT2D eigenvalue weighted by atomic mass is 10.2. The zero-order valence-corrected chi connectivity index (χ0v) is 12.3. The van der Waals surface area contributed by atoms with Gasteiger partial charge in [-0.15, -0.1) is 0 Å². The smallest absolute Gasteiger partial charge is 0.252 e. The Hall–Kier alpha value is -1.90. The van der Waals surface area contributed by atoms with Gasteiger partial charge >= 0.3 is 0 Å². The molecular formula is C15H22N4O. The highest BCUT2D eigenvalue weighted by atomic mass is 16.1. The number of nitrogens with one attached hydrogen (secondary N) is 1. The number of carbonyl (C=O) groups excluding carboxylic acids is 1. The van der Waals surface area contributed by atoms with Gasteiger partial charge < -0.3 is 16.0 Å². The first kappa shape index (κ1) is 16.2. The van der Waals surface area contributed by atoms with Gasteiger partial charge in [0.25, 0.3) is 5.91 Å². The number of rotatable bonds is 5. The zero-order chi connectivity index (χ0) is 15.0. The van der Waals surface area contributed by atoms with Gasteiger partial charge in [0, 0.05) is 37.1 Å². The molecule has 0 aliphatic heterocycles. The summed E-state index contributed by atoms with van der Waals surface area (Å²) in [4.78, 5) is 18.2. The van der Waals surface area contributed by atoms with Crippen LogP contribution in [0.5, 0.6) is 0 Å². The number of carbonyl (C=O) groups is 1. The lowest BCUT2D eigenvalue weighted by Gasteiger charge is -2.20. The molecular weight excluding hydrogens is 252 g/mol. The maximum atomic E-state index is 12.0. The van der Waals surface area contributed by atoms with Gasteiger partial charge in [-0.1, -0.05) is 11.8 Å². The number of pyridine rings is 1. The van der Waals surface area contributed by atoms with Crippen LogP contribution in [0.15, 0.2) is 18.5 Å². The molecule has 0 unspecified atom stereocenters. The van der Waals surface area contributed by atoms with Gasteiger partial charge in [-0.3, -0.25) is 9.78 Å². The molecule has 1 rings (SSSR count). The summed E-state index contributed by atoms with van der Waals surface area (Å²) < 4.78 is 0. The number of amides is 1. The first-order valence-electron chi connectivity index (χ1n) is 6.67. The predicted octanol–water partition coefficient (Wildman–Crippen LogP) is 0.462. The maximum absolute atomic E-state index is 12.0. The molecule has 0 saturated heterocycles. The summed E-state index contributed by atoms with van der Waals surface area (Å²) in [6.07, 6.45) is 3.15. The van der Waals surface area contributed by atoms with Crippen molar-refractivity contribution in [1.29, 1.82) is 0 Å². The van der Waals surface area contributed by atoms with Crippen LogP contribution in [-0.4, -0.2) is 48.5 Å². The van der Waals surface area contributed by atoms with Gasteiger partial charge in [0.15, 0.2) is 0 Å². The lowest BCUT2D eigenvalue weighted by Crippen LogP contribution is -2.36. The molecule has 1 aromatic heterocycles. The fraction of sp³-hybridized carbons (Fsp3) is 0.467.